The third kappa shape index (κ3) is 11.8. The van der Waals surface area contributed by atoms with Gasteiger partial charge in [-0.1, -0.05) is 285 Å². The Morgan fingerprint density at radius 2 is 0.485 bits per heavy atom. The summed E-state index contributed by atoms with van der Waals surface area (Å²) >= 11 is 0. The molecule has 26 rings (SSSR count). The highest BCUT2D eigenvalue weighted by atomic mass is 19.1. The van der Waals surface area contributed by atoms with Gasteiger partial charge in [0.05, 0.1) is 77.6 Å². The summed E-state index contributed by atoms with van der Waals surface area (Å²) in [6.07, 6.45) is 0. The molecule has 136 heavy (non-hydrogen) atoms. The second-order valence-corrected chi connectivity index (χ2v) is 34.8. The Labute approximate surface area is 780 Å². The van der Waals surface area contributed by atoms with Gasteiger partial charge in [0.15, 0.2) is 0 Å². The van der Waals surface area contributed by atoms with Gasteiger partial charge >= 0.3 is 0 Å². The topological polar surface area (TPSA) is 113 Å². The summed E-state index contributed by atoms with van der Waals surface area (Å²) in [6.45, 7) is 0. The van der Waals surface area contributed by atoms with Crippen molar-refractivity contribution in [2.24, 2.45) is 0 Å². The van der Waals surface area contributed by atoms with Crippen LogP contribution in [0.25, 0.3) is 121 Å². The van der Waals surface area contributed by atoms with E-state index in [0.29, 0.717) is 78.5 Å². The highest BCUT2D eigenvalue weighted by molar-refractivity contribution is 6.28. The lowest BCUT2D eigenvalue weighted by atomic mass is 9.67. The zero-order valence-electron chi connectivity index (χ0n) is 72.8. The first kappa shape index (κ1) is 78.7. The number of anilines is 12. The summed E-state index contributed by atoms with van der Waals surface area (Å²) in [7, 11) is 0. The van der Waals surface area contributed by atoms with Gasteiger partial charge in [0.1, 0.15) is 68.4 Å². The average molecular weight is 1750 g/mol. The molecule has 638 valence electrons. The van der Waals surface area contributed by atoms with Crippen LogP contribution in [0.15, 0.2) is 467 Å². The number of nitrogens with zero attached hydrogens (tertiary/aromatic N) is 6. The molecule has 2 aliphatic carbocycles. The predicted octanol–water partition coefficient (Wildman–Crippen LogP) is 33.6. The number of nitriles is 2. The lowest BCUT2D eigenvalue weighted by Crippen LogP contribution is -2.29. The van der Waals surface area contributed by atoms with E-state index in [0.717, 1.165) is 166 Å². The van der Waals surface area contributed by atoms with Crippen LogP contribution in [0, 0.1) is 34.3 Å². The highest BCUT2D eigenvalue weighted by Gasteiger charge is 2.54. The van der Waals surface area contributed by atoms with E-state index in [4.69, 9.17) is 17.7 Å². The van der Waals surface area contributed by atoms with Crippen molar-refractivity contribution < 1.29 is 26.4 Å². The molecule has 4 heterocycles. The van der Waals surface area contributed by atoms with E-state index in [1.54, 1.807) is 24.3 Å². The fourth-order valence-electron chi connectivity index (χ4n) is 22.2. The van der Waals surface area contributed by atoms with Gasteiger partial charge in [0.25, 0.3) is 0 Å². The molecule has 12 heteroatoms. The molecular weight excluding hydrogens is 1680 g/mol. The number of hydrogen-bond donors (Lipinski definition) is 0. The van der Waals surface area contributed by atoms with Crippen molar-refractivity contribution in [3.05, 3.63) is 516 Å². The summed E-state index contributed by atoms with van der Waals surface area (Å²) in [4.78, 5) is 8.72. The number of rotatable bonds is 17. The summed E-state index contributed by atoms with van der Waals surface area (Å²) in [5.74, 6) is -0.790. The van der Waals surface area contributed by atoms with E-state index < -0.39 is 16.6 Å². The second kappa shape index (κ2) is 31.2. The van der Waals surface area contributed by atoms with Crippen molar-refractivity contribution in [3.63, 3.8) is 0 Å². The van der Waals surface area contributed by atoms with Crippen LogP contribution in [0.1, 0.15) is 55.6 Å². The fraction of sp³-hybridized carbons (Fsp3) is 0.0161. The Kier molecular flexibility index (Phi) is 18.0. The lowest BCUT2D eigenvalue weighted by molar-refractivity contribution is 0.627. The van der Waals surface area contributed by atoms with Gasteiger partial charge in [-0.3, -0.25) is 0 Å². The normalized spacial score (nSPS) is 12.7. The molecule has 0 N–H and O–H groups in total. The van der Waals surface area contributed by atoms with E-state index >= 15 is 8.78 Å². The van der Waals surface area contributed by atoms with Gasteiger partial charge < -0.3 is 37.3 Å². The van der Waals surface area contributed by atoms with E-state index in [2.05, 4.69) is 244 Å². The van der Waals surface area contributed by atoms with Gasteiger partial charge in [-0.25, -0.2) is 8.78 Å². The third-order valence-corrected chi connectivity index (χ3v) is 27.7. The van der Waals surface area contributed by atoms with Gasteiger partial charge in [-0.15, -0.1) is 0 Å². The fourth-order valence-corrected chi connectivity index (χ4v) is 22.2. The quantitative estimate of drug-likeness (QED) is 0.0873. The molecule has 0 saturated carbocycles. The molecule has 0 atom stereocenters. The molecule has 4 aromatic heterocycles. The Hall–Kier alpha value is -18.4. The molecule has 0 unspecified atom stereocenters. The van der Waals surface area contributed by atoms with E-state index in [9.17, 15) is 10.5 Å². The molecule has 0 fully saturated rings. The maximum absolute atomic E-state index is 16.6. The molecule has 2 aliphatic rings. The second-order valence-electron chi connectivity index (χ2n) is 34.8. The third-order valence-electron chi connectivity index (χ3n) is 27.7. The largest absolute Gasteiger partial charge is 0.455 e. The molecule has 20 aromatic carbocycles. The van der Waals surface area contributed by atoms with Crippen LogP contribution in [-0.4, -0.2) is 0 Å². The summed E-state index contributed by atoms with van der Waals surface area (Å²) in [6, 6.07) is 156. The smallest absolute Gasteiger partial charge is 0.145 e. The molecule has 0 amide bonds. The molecule has 0 spiro atoms. The van der Waals surface area contributed by atoms with E-state index in [1.807, 2.05) is 200 Å². The Morgan fingerprint density at radius 3 is 0.831 bits per heavy atom. The first-order valence-corrected chi connectivity index (χ1v) is 45.4. The number of para-hydroxylation sites is 9. The Morgan fingerprint density at radius 1 is 0.213 bits per heavy atom. The minimum absolute atomic E-state index is 0.386. The monoisotopic (exact) mass is 1750 g/mol. The molecule has 0 aliphatic heterocycles. The number of hydrogen-bond acceptors (Lipinski definition) is 10. The van der Waals surface area contributed by atoms with Crippen LogP contribution in [0.2, 0.25) is 0 Å². The first-order chi connectivity index (χ1) is 67.2. The molecule has 0 radical (unpaired) electrons. The van der Waals surface area contributed by atoms with Gasteiger partial charge in [-0.05, 0) is 219 Å². The predicted molar refractivity (Wildman–Crippen MR) is 544 cm³/mol. The number of furan rings is 4. The van der Waals surface area contributed by atoms with Crippen molar-refractivity contribution in [2.45, 2.75) is 10.8 Å². The average Bonchev–Trinajstić information content (AvgIpc) is 1.50. The molecule has 0 bridgehead atoms. The SMILES string of the molecule is N#Cc1ccccc1N(c1ccccc1)c1cc2c(c3oc4ccccc4c13)-c1c(cc(N(c3ccccc3)c3ccccc3C#N)c3c1oc1ccccc13)C2(c1ccccc1)c1ccc(-c2ccc3c(c2)oc2c4c(cc(N(c5ccccc5)c5cccc(F)c5)c23)C(c2ccccc2)(c2ccccc2)c2cc(N(c3ccccc3)c3cccc(F)c3)c3c(oc5ccccc53)c2-4)cc1. The van der Waals surface area contributed by atoms with Crippen LogP contribution >= 0.6 is 0 Å². The summed E-state index contributed by atoms with van der Waals surface area (Å²) < 4.78 is 63.9. The lowest BCUT2D eigenvalue weighted by Gasteiger charge is -2.36. The Balaban J connectivity index is 0.766. The van der Waals surface area contributed by atoms with Crippen LogP contribution in [0.4, 0.5) is 77.0 Å². The zero-order chi connectivity index (χ0) is 90.4. The molecule has 0 saturated heterocycles. The standard InChI is InChI=1S/C124H74F2N6O4/c125-85-42-32-52-91(69-85)129(87-44-14-4-15-45-87)103-71-97-115(119-111(103)93-54-24-29-59-107(93)133-119)118-98(123(97,81-36-8-1-9-37-81)82-38-10-2-11-39-82)72-104(130(88-46-16-5-17-47-88)92-53-33-43-86(126)70-92)114-96-67-64-78(68-110(96)136-122(114)118)77-62-65-84(66-63-77)124(83-40-12-3-13-41-83)99-73-105(131(89-48-18-6-19-49-89)101-57-27-22-34-79(101)75-127)112-94-55-25-30-60-108(94)134-120(112)116(99)117-100(124)74-106(113-95-56-26-31-61-109(95)135-121(113)117)132(90-50-20-7-21-51-90)102-58-28-23-35-80(102)76-128/h1-74H. The van der Waals surface area contributed by atoms with Crippen LogP contribution in [0.5, 0.6) is 0 Å². The summed E-state index contributed by atoms with van der Waals surface area (Å²) in [5.41, 5.74) is 24.7. The molecule has 10 nitrogen and oxygen atoms in total. The Bertz CT molecular complexity index is 8800. The molecule has 24 aromatic rings. The first-order valence-electron chi connectivity index (χ1n) is 45.4. The van der Waals surface area contributed by atoms with Crippen LogP contribution in [-0.2, 0) is 10.8 Å². The highest BCUT2D eigenvalue weighted by Crippen LogP contribution is 2.68. The van der Waals surface area contributed by atoms with Crippen molar-refractivity contribution in [1.29, 1.82) is 10.5 Å². The van der Waals surface area contributed by atoms with Crippen molar-refractivity contribution >= 4 is 156 Å². The van der Waals surface area contributed by atoms with Crippen molar-refractivity contribution in [1.82, 2.24) is 0 Å². The maximum Gasteiger partial charge on any atom is 0.145 e. The summed E-state index contributed by atoms with van der Waals surface area (Å²) in [5, 5.41) is 29.3. The zero-order valence-corrected chi connectivity index (χ0v) is 72.8. The van der Waals surface area contributed by atoms with Gasteiger partial charge in [-0.2, -0.15) is 10.5 Å². The number of fused-ring (bicyclic) bond motifs is 22. The van der Waals surface area contributed by atoms with Crippen LogP contribution < -0.4 is 19.6 Å². The van der Waals surface area contributed by atoms with E-state index in [-0.39, 0.29) is 5.82 Å². The van der Waals surface area contributed by atoms with Crippen molar-refractivity contribution in [3.8, 4) is 45.5 Å². The maximum atomic E-state index is 16.6. The number of benzene rings is 20. The molecular formula is C124H74F2N6O4. The minimum Gasteiger partial charge on any atom is -0.455 e. The van der Waals surface area contributed by atoms with Gasteiger partial charge in [0, 0.05) is 77.9 Å². The minimum atomic E-state index is -1.27. The van der Waals surface area contributed by atoms with Gasteiger partial charge in [0.2, 0.25) is 0 Å². The van der Waals surface area contributed by atoms with Crippen molar-refractivity contribution in [2.75, 3.05) is 19.6 Å². The van der Waals surface area contributed by atoms with E-state index in [1.165, 1.54) is 12.1 Å². The van der Waals surface area contributed by atoms with Crippen LogP contribution in [0.3, 0.4) is 0 Å². The number of halogens is 2.